The molecule has 0 saturated heterocycles. The third kappa shape index (κ3) is 42.3. The fourth-order valence-electron chi connectivity index (χ4n) is 7.81. The number of aliphatic hydroxyl groups excluding tert-OH is 1. The first-order valence-electron chi connectivity index (χ1n) is 23.9. The molecule has 0 aliphatic rings. The molecule has 2 amide bonds. The van der Waals surface area contributed by atoms with E-state index in [2.05, 4.69) is 31.5 Å². The van der Waals surface area contributed by atoms with Gasteiger partial charge in [-0.3, -0.25) is 9.59 Å². The molecule has 0 radical (unpaired) electrons. The van der Waals surface area contributed by atoms with Crippen molar-refractivity contribution < 1.29 is 31.6 Å². The Kier molecular flexibility index (Phi) is 45.9. The maximum absolute atomic E-state index is 12.4. The second-order valence-corrected chi connectivity index (χ2v) is 17.0. The van der Waals surface area contributed by atoms with Crippen LogP contribution < -0.4 is 23.0 Å². The number of carbonyl (C=O) groups is 2. The van der Waals surface area contributed by atoms with Crippen molar-refractivity contribution in [3.8, 4) is 0 Å². The minimum atomic E-state index is 0. The molecular weight excluding hydrogens is 690 g/mol. The summed E-state index contributed by atoms with van der Waals surface area (Å²) in [4.78, 5) is 24.9. The summed E-state index contributed by atoms with van der Waals surface area (Å²) in [6.45, 7) is 9.34. The van der Waals surface area contributed by atoms with E-state index >= 15 is 0 Å². The number of aliphatic hydroxyl groups is 1. The molecule has 0 saturated carbocycles. The van der Waals surface area contributed by atoms with E-state index in [-0.39, 0.29) is 30.8 Å². The maximum Gasteiger partial charge on any atom is 0.219 e. The average Bonchev–Trinajstić information content (AvgIpc) is 3.15. The van der Waals surface area contributed by atoms with Crippen molar-refractivity contribution in [2.75, 3.05) is 46.4 Å². The summed E-state index contributed by atoms with van der Waals surface area (Å²) in [5.74, 6) is 0.400. The summed E-state index contributed by atoms with van der Waals surface area (Å²) in [6, 6.07) is 0. The Morgan fingerprint density at radius 2 is 0.648 bits per heavy atom. The van der Waals surface area contributed by atoms with E-state index < -0.39 is 0 Å². The van der Waals surface area contributed by atoms with Crippen molar-refractivity contribution in [3.63, 3.8) is 0 Å². The second-order valence-electron chi connectivity index (χ2n) is 17.0. The number of nitrogens with zero attached hydrogens (tertiary/aromatic N) is 1. The van der Waals surface area contributed by atoms with Crippen LogP contribution in [0.15, 0.2) is 0 Å². The van der Waals surface area contributed by atoms with Crippen LogP contribution in [0.5, 0.6) is 0 Å². The zero-order valence-electron chi connectivity index (χ0n) is 36.8. The van der Waals surface area contributed by atoms with Crippen LogP contribution in [0, 0.1) is 0 Å². The largest absolute Gasteiger partial charge is 1.00 e. The van der Waals surface area contributed by atoms with Crippen LogP contribution in [0.25, 0.3) is 0 Å². The van der Waals surface area contributed by atoms with Gasteiger partial charge >= 0.3 is 0 Å². The molecule has 0 aliphatic heterocycles. The summed E-state index contributed by atoms with van der Waals surface area (Å²) in [5, 5.41) is 15.6. The van der Waals surface area contributed by atoms with E-state index in [1.165, 1.54) is 180 Å². The smallest absolute Gasteiger partial charge is 0.219 e. The maximum atomic E-state index is 12.4. The van der Waals surface area contributed by atoms with Gasteiger partial charge in [-0.2, -0.15) is 0 Å². The van der Waals surface area contributed by atoms with Crippen LogP contribution in [-0.2, 0) is 9.59 Å². The molecule has 54 heavy (non-hydrogen) atoms. The highest BCUT2D eigenvalue weighted by Crippen LogP contribution is 2.16. The molecule has 0 bridgehead atoms. The molecule has 0 unspecified atom stereocenters. The molecule has 0 aromatic carbocycles. The predicted molar refractivity (Wildman–Crippen MR) is 231 cm³/mol. The number of rotatable bonds is 44. The number of unbranched alkanes of at least 4 members (excludes halogenated alkanes) is 29. The monoisotopic (exact) mass is 786 g/mol. The molecule has 0 heterocycles. The zero-order chi connectivity index (χ0) is 38.8. The summed E-state index contributed by atoms with van der Waals surface area (Å²) >= 11 is 0. The van der Waals surface area contributed by atoms with Gasteiger partial charge in [-0.25, -0.2) is 0 Å². The van der Waals surface area contributed by atoms with Gasteiger partial charge in [-0.05, 0) is 25.7 Å². The summed E-state index contributed by atoms with van der Waals surface area (Å²) in [7, 11) is 2.30. The fraction of sp³-hybridized carbons (Fsp3) is 0.957. The van der Waals surface area contributed by atoms with E-state index in [0.717, 1.165) is 75.7 Å². The molecule has 0 fully saturated rings. The fourth-order valence-corrected chi connectivity index (χ4v) is 7.81. The van der Waals surface area contributed by atoms with E-state index in [0.29, 0.717) is 12.8 Å². The van der Waals surface area contributed by atoms with Crippen molar-refractivity contribution in [1.82, 2.24) is 10.6 Å². The van der Waals surface area contributed by atoms with Gasteiger partial charge in [0.05, 0.1) is 26.7 Å². The molecule has 7 heteroatoms. The SMILES string of the molecule is CCCCCCCCCCCCCCCCCC(=O)NCCC[N+](C)(CCCCO)CCCNC(=O)CCCCCCCCCCCCCCCCC.[Cl-]. The van der Waals surface area contributed by atoms with Crippen LogP contribution in [0.4, 0.5) is 0 Å². The van der Waals surface area contributed by atoms with E-state index in [1.807, 2.05) is 0 Å². The number of halogens is 1. The molecule has 324 valence electrons. The third-order valence-corrected chi connectivity index (χ3v) is 11.5. The van der Waals surface area contributed by atoms with Gasteiger partial charge in [-0.15, -0.1) is 0 Å². The van der Waals surface area contributed by atoms with Crippen molar-refractivity contribution in [3.05, 3.63) is 0 Å². The minimum absolute atomic E-state index is 0. The Labute approximate surface area is 344 Å². The molecule has 6 nitrogen and oxygen atoms in total. The molecule has 0 aliphatic carbocycles. The summed E-state index contributed by atoms with van der Waals surface area (Å²) in [5.41, 5.74) is 0. The molecule has 0 aromatic rings. The molecule has 3 N–H and O–H groups in total. The van der Waals surface area contributed by atoms with Crippen molar-refractivity contribution >= 4 is 11.8 Å². The zero-order valence-corrected chi connectivity index (χ0v) is 37.5. The lowest BCUT2D eigenvalue weighted by Gasteiger charge is -2.35. The Morgan fingerprint density at radius 1 is 0.389 bits per heavy atom. The van der Waals surface area contributed by atoms with Crippen LogP contribution in [0.3, 0.4) is 0 Å². The van der Waals surface area contributed by atoms with E-state index in [1.54, 1.807) is 0 Å². The van der Waals surface area contributed by atoms with Gasteiger partial charge in [-0.1, -0.05) is 194 Å². The first-order valence-corrected chi connectivity index (χ1v) is 23.9. The van der Waals surface area contributed by atoms with E-state index in [4.69, 9.17) is 0 Å². The molecule has 0 spiro atoms. The number of hydrogen-bond donors (Lipinski definition) is 3. The van der Waals surface area contributed by atoms with Crippen molar-refractivity contribution in [2.45, 2.75) is 245 Å². The lowest BCUT2D eigenvalue weighted by Crippen LogP contribution is -3.00. The Hall–Kier alpha value is -0.850. The van der Waals surface area contributed by atoms with Gasteiger partial charge in [0.1, 0.15) is 0 Å². The predicted octanol–water partition coefficient (Wildman–Crippen LogP) is 9.75. The van der Waals surface area contributed by atoms with Crippen LogP contribution in [-0.4, -0.2) is 67.8 Å². The lowest BCUT2D eigenvalue weighted by molar-refractivity contribution is -0.910. The molecular formula is C47H96ClN3O3. The molecule has 0 atom stereocenters. The standard InChI is InChI=1S/C47H95N3O3.ClH/c1-4-6-8-10-12-14-16-18-20-22-24-26-28-30-32-38-46(52)48-40-36-43-50(3,42-34-35-45-51)44-37-41-49-47(53)39-33-31-29-27-25-23-21-19-17-15-13-11-9-7-5-2;/h51H,4-45H2,1-3H3,(H-,48,49,52,53);1H. The second kappa shape index (κ2) is 44.9. The quantitative estimate of drug-likeness (QED) is 0.0426. The number of nitrogens with one attached hydrogen (secondary N) is 2. The molecule has 0 rings (SSSR count). The minimum Gasteiger partial charge on any atom is -1.00 e. The van der Waals surface area contributed by atoms with Crippen LogP contribution >= 0.6 is 0 Å². The third-order valence-electron chi connectivity index (χ3n) is 11.5. The number of amides is 2. The first-order chi connectivity index (χ1) is 26.0. The number of hydrogen-bond acceptors (Lipinski definition) is 3. The normalized spacial score (nSPS) is 11.5. The summed E-state index contributed by atoms with van der Waals surface area (Å²) < 4.78 is 0.934. The first kappa shape index (κ1) is 55.2. The summed E-state index contributed by atoms with van der Waals surface area (Å²) in [6.07, 6.45) is 45.4. The number of carbonyl (C=O) groups excluding carboxylic acids is 2. The van der Waals surface area contributed by atoms with Gasteiger partial charge in [0.25, 0.3) is 0 Å². The van der Waals surface area contributed by atoms with Gasteiger partial charge in [0.15, 0.2) is 0 Å². The van der Waals surface area contributed by atoms with Crippen molar-refractivity contribution in [1.29, 1.82) is 0 Å². The topological polar surface area (TPSA) is 78.4 Å². The highest BCUT2D eigenvalue weighted by atomic mass is 35.5. The number of quaternary nitrogens is 1. The van der Waals surface area contributed by atoms with Gasteiger partial charge in [0.2, 0.25) is 11.8 Å². The Balaban J connectivity index is 0. The lowest BCUT2D eigenvalue weighted by atomic mass is 10.0. The van der Waals surface area contributed by atoms with Gasteiger partial charge < -0.3 is 32.6 Å². The Bertz CT molecular complexity index is 715. The highest BCUT2D eigenvalue weighted by Gasteiger charge is 2.20. The highest BCUT2D eigenvalue weighted by molar-refractivity contribution is 5.76. The molecule has 0 aromatic heterocycles. The Morgan fingerprint density at radius 3 is 0.926 bits per heavy atom. The van der Waals surface area contributed by atoms with Crippen LogP contribution in [0.2, 0.25) is 0 Å². The van der Waals surface area contributed by atoms with Crippen molar-refractivity contribution in [2.24, 2.45) is 0 Å². The van der Waals surface area contributed by atoms with Crippen LogP contribution in [0.1, 0.15) is 245 Å². The average molecular weight is 787 g/mol. The van der Waals surface area contributed by atoms with E-state index in [9.17, 15) is 14.7 Å². The van der Waals surface area contributed by atoms with Gasteiger partial charge in [0, 0.05) is 45.4 Å².